The van der Waals surface area contributed by atoms with Crippen molar-refractivity contribution in [3.8, 4) is 5.69 Å². The van der Waals surface area contributed by atoms with E-state index in [0.717, 1.165) is 43.3 Å². The van der Waals surface area contributed by atoms with Crippen LogP contribution in [0.5, 0.6) is 0 Å². The molecule has 1 aromatic carbocycles. The van der Waals surface area contributed by atoms with Crippen LogP contribution in [0.25, 0.3) is 5.69 Å². The molecule has 1 fully saturated rings. The van der Waals surface area contributed by atoms with Crippen LogP contribution in [-0.4, -0.2) is 79.0 Å². The maximum Gasteiger partial charge on any atom is 0.223 e. The second-order valence-electron chi connectivity index (χ2n) is 10.1. The Balaban J connectivity index is 2.02. The number of carbonyl (C=O) groups excluding carboxylic acids is 1. The van der Waals surface area contributed by atoms with Crippen molar-refractivity contribution in [2.75, 3.05) is 58.4 Å². The molecule has 1 aromatic heterocycles. The number of aryl methyl sites for hydroxylation is 1. The van der Waals surface area contributed by atoms with Crippen molar-refractivity contribution in [1.82, 2.24) is 19.6 Å². The maximum atomic E-state index is 14.1. The normalized spacial score (nSPS) is 15.2. The molecule has 1 amide bonds. The molecule has 0 spiro atoms. The molecular weight excluding hydrogens is 421 g/mol. The molecule has 0 unspecified atom stereocenters. The van der Waals surface area contributed by atoms with Crippen LogP contribution in [0.4, 0.5) is 10.2 Å². The van der Waals surface area contributed by atoms with Crippen LogP contribution < -0.4 is 4.90 Å². The fourth-order valence-electron chi connectivity index (χ4n) is 4.11. The third kappa shape index (κ3) is 6.54. The molecule has 182 valence electrons. The molecule has 0 saturated carbocycles. The van der Waals surface area contributed by atoms with Crippen molar-refractivity contribution < 1.29 is 13.9 Å². The van der Waals surface area contributed by atoms with Gasteiger partial charge in [-0.25, -0.2) is 9.07 Å². The molecule has 1 aliphatic heterocycles. The van der Waals surface area contributed by atoms with Crippen LogP contribution in [0.3, 0.4) is 0 Å². The van der Waals surface area contributed by atoms with E-state index in [4.69, 9.17) is 9.84 Å². The Hall–Kier alpha value is -2.45. The predicted molar refractivity (Wildman–Crippen MR) is 129 cm³/mol. The molecule has 0 atom stereocenters. The van der Waals surface area contributed by atoms with Crippen molar-refractivity contribution in [3.63, 3.8) is 0 Å². The van der Waals surface area contributed by atoms with Crippen molar-refractivity contribution in [3.05, 3.63) is 41.3 Å². The van der Waals surface area contributed by atoms with Gasteiger partial charge in [-0.3, -0.25) is 4.79 Å². The summed E-state index contributed by atoms with van der Waals surface area (Å²) in [7, 11) is 3.76. The average Bonchev–Trinajstić information content (AvgIpc) is 3.06. The standard InChI is InChI=1S/C25H38FN5O2/c1-19-22(18-30(14-15-33-6)23(32)17-25(2,3)4)24(29-12-10-28(5)11-13-29)31(27-19)21-9-7-8-20(26)16-21/h7-9,16H,10-15,17-18H2,1-6H3. The van der Waals surface area contributed by atoms with E-state index in [-0.39, 0.29) is 17.1 Å². The van der Waals surface area contributed by atoms with Gasteiger partial charge in [0, 0.05) is 51.8 Å². The summed E-state index contributed by atoms with van der Waals surface area (Å²) in [6.07, 6.45) is 0.456. The number of benzene rings is 1. The third-order valence-corrected chi connectivity index (χ3v) is 5.96. The Morgan fingerprint density at radius 2 is 1.91 bits per heavy atom. The van der Waals surface area contributed by atoms with Gasteiger partial charge >= 0.3 is 0 Å². The molecule has 0 bridgehead atoms. The van der Waals surface area contributed by atoms with Crippen molar-refractivity contribution in [2.45, 2.75) is 40.7 Å². The summed E-state index contributed by atoms with van der Waals surface area (Å²) in [5.74, 6) is 0.743. The summed E-state index contributed by atoms with van der Waals surface area (Å²) in [6.45, 7) is 13.2. The van der Waals surface area contributed by atoms with Gasteiger partial charge in [0.2, 0.25) is 5.91 Å². The lowest BCUT2D eigenvalue weighted by atomic mass is 9.91. The number of likely N-dealkylation sites (N-methyl/N-ethyl adjacent to an activating group) is 1. The largest absolute Gasteiger partial charge is 0.383 e. The number of rotatable bonds is 8. The monoisotopic (exact) mass is 459 g/mol. The first-order valence-electron chi connectivity index (χ1n) is 11.6. The number of aromatic nitrogens is 2. The molecule has 3 rings (SSSR count). The number of hydrogen-bond donors (Lipinski definition) is 0. The van der Waals surface area contributed by atoms with Gasteiger partial charge in [-0.2, -0.15) is 5.10 Å². The lowest BCUT2D eigenvalue weighted by molar-refractivity contribution is -0.134. The van der Waals surface area contributed by atoms with Gasteiger partial charge in [0.1, 0.15) is 11.6 Å². The fourth-order valence-corrected chi connectivity index (χ4v) is 4.11. The number of ether oxygens (including phenoxy) is 1. The van der Waals surface area contributed by atoms with Crippen LogP contribution in [-0.2, 0) is 16.1 Å². The highest BCUT2D eigenvalue weighted by molar-refractivity contribution is 5.77. The summed E-state index contributed by atoms with van der Waals surface area (Å²) in [5, 5.41) is 4.81. The van der Waals surface area contributed by atoms with Gasteiger partial charge in [0.15, 0.2) is 0 Å². The Labute approximate surface area is 197 Å². The molecule has 1 aliphatic rings. The molecule has 2 aromatic rings. The Kier molecular flexibility index (Phi) is 8.13. The van der Waals surface area contributed by atoms with Crippen molar-refractivity contribution in [2.24, 2.45) is 5.41 Å². The number of methoxy groups -OCH3 is 1. The summed E-state index contributed by atoms with van der Waals surface area (Å²) in [4.78, 5) is 19.7. The fraction of sp³-hybridized carbons (Fsp3) is 0.600. The van der Waals surface area contributed by atoms with E-state index in [1.165, 1.54) is 12.1 Å². The van der Waals surface area contributed by atoms with E-state index in [1.54, 1.807) is 13.2 Å². The lowest BCUT2D eigenvalue weighted by Crippen LogP contribution is -2.45. The zero-order chi connectivity index (χ0) is 24.2. The molecule has 8 heteroatoms. The number of carbonyl (C=O) groups is 1. The maximum absolute atomic E-state index is 14.1. The van der Waals surface area contributed by atoms with Crippen LogP contribution in [0.1, 0.15) is 38.4 Å². The number of amides is 1. The van der Waals surface area contributed by atoms with Gasteiger partial charge in [-0.15, -0.1) is 0 Å². The van der Waals surface area contributed by atoms with E-state index in [0.29, 0.717) is 31.8 Å². The van der Waals surface area contributed by atoms with E-state index >= 15 is 0 Å². The number of nitrogens with zero attached hydrogens (tertiary/aromatic N) is 5. The number of anilines is 1. The van der Waals surface area contributed by atoms with Crippen LogP contribution in [0.2, 0.25) is 0 Å². The van der Waals surface area contributed by atoms with Gasteiger partial charge < -0.3 is 19.4 Å². The van der Waals surface area contributed by atoms with E-state index in [1.807, 2.05) is 22.6 Å². The zero-order valence-electron chi connectivity index (χ0n) is 20.9. The van der Waals surface area contributed by atoms with Gasteiger partial charge in [0.25, 0.3) is 0 Å². The molecule has 7 nitrogen and oxygen atoms in total. The number of hydrogen-bond acceptors (Lipinski definition) is 5. The van der Waals surface area contributed by atoms with E-state index in [2.05, 4.69) is 37.6 Å². The average molecular weight is 460 g/mol. The predicted octanol–water partition coefficient (Wildman–Crippen LogP) is 3.48. The summed E-state index contributed by atoms with van der Waals surface area (Å²) >= 11 is 0. The summed E-state index contributed by atoms with van der Waals surface area (Å²) in [6, 6.07) is 6.51. The molecule has 0 N–H and O–H groups in total. The highest BCUT2D eigenvalue weighted by Crippen LogP contribution is 2.30. The highest BCUT2D eigenvalue weighted by atomic mass is 19.1. The quantitative estimate of drug-likeness (QED) is 0.605. The van der Waals surface area contributed by atoms with Gasteiger partial charge in [0.05, 0.1) is 24.5 Å². The third-order valence-electron chi connectivity index (χ3n) is 5.96. The van der Waals surface area contributed by atoms with Gasteiger partial charge in [-0.1, -0.05) is 26.8 Å². The number of halogens is 1. The summed E-state index contributed by atoms with van der Waals surface area (Å²) < 4.78 is 21.2. The first-order chi connectivity index (χ1) is 15.6. The van der Waals surface area contributed by atoms with Crippen LogP contribution in [0, 0.1) is 18.2 Å². The smallest absolute Gasteiger partial charge is 0.223 e. The van der Waals surface area contributed by atoms with Crippen LogP contribution in [0.15, 0.2) is 24.3 Å². The summed E-state index contributed by atoms with van der Waals surface area (Å²) in [5.41, 5.74) is 2.42. The van der Waals surface area contributed by atoms with E-state index < -0.39 is 0 Å². The first-order valence-corrected chi connectivity index (χ1v) is 11.6. The Bertz CT molecular complexity index is 945. The minimum absolute atomic E-state index is 0.0989. The topological polar surface area (TPSA) is 53.8 Å². The minimum atomic E-state index is -0.298. The van der Waals surface area contributed by atoms with Crippen molar-refractivity contribution >= 4 is 11.7 Å². The zero-order valence-corrected chi connectivity index (χ0v) is 20.9. The van der Waals surface area contributed by atoms with E-state index in [9.17, 15) is 9.18 Å². The molecule has 1 saturated heterocycles. The number of piperazine rings is 1. The molecule has 2 heterocycles. The minimum Gasteiger partial charge on any atom is -0.383 e. The lowest BCUT2D eigenvalue weighted by Gasteiger charge is -2.35. The Morgan fingerprint density at radius 1 is 1.21 bits per heavy atom. The van der Waals surface area contributed by atoms with Crippen LogP contribution >= 0.6 is 0 Å². The van der Waals surface area contributed by atoms with Crippen molar-refractivity contribution in [1.29, 1.82) is 0 Å². The SMILES string of the molecule is COCCN(Cc1c(C)nn(-c2cccc(F)c2)c1N1CCN(C)CC1)C(=O)CC(C)(C)C. The highest BCUT2D eigenvalue weighted by Gasteiger charge is 2.28. The second-order valence-corrected chi connectivity index (χ2v) is 10.1. The molecule has 0 radical (unpaired) electrons. The first kappa shape index (κ1) is 25.2. The second kappa shape index (κ2) is 10.7. The molecular formula is C25H38FN5O2. The van der Waals surface area contributed by atoms with Gasteiger partial charge in [-0.05, 0) is 37.6 Å². The molecule has 0 aliphatic carbocycles. The Morgan fingerprint density at radius 3 is 2.52 bits per heavy atom. The molecule has 33 heavy (non-hydrogen) atoms.